The van der Waals surface area contributed by atoms with Gasteiger partial charge in [-0.3, -0.25) is 4.79 Å². The van der Waals surface area contributed by atoms with E-state index in [1.807, 2.05) is 43.3 Å². The molecule has 1 aliphatic heterocycles. The smallest absolute Gasteiger partial charge is 0.227 e. The molecule has 0 radical (unpaired) electrons. The van der Waals surface area contributed by atoms with Crippen LogP contribution in [0, 0.1) is 12.8 Å². The van der Waals surface area contributed by atoms with Crippen LogP contribution in [-0.4, -0.2) is 25.2 Å². The fourth-order valence-electron chi connectivity index (χ4n) is 3.83. The molecule has 1 fully saturated rings. The van der Waals surface area contributed by atoms with Crippen molar-refractivity contribution in [3.8, 4) is 0 Å². The van der Waals surface area contributed by atoms with Crippen LogP contribution in [0.3, 0.4) is 0 Å². The largest absolute Gasteiger partial charge is 0.312 e. The SMILES string of the molecule is Cc1ccc(CS(=O)(=O)Cc2ccc3c(c2)CCC(=O)N3CC2CC2(Cl)Cl)cc1. The zero-order valence-corrected chi connectivity index (χ0v) is 18.5. The number of benzene rings is 2. The summed E-state index contributed by atoms with van der Waals surface area (Å²) in [5.74, 6) is 0.144. The maximum Gasteiger partial charge on any atom is 0.227 e. The molecule has 2 aliphatic rings. The van der Waals surface area contributed by atoms with Gasteiger partial charge in [0.15, 0.2) is 9.84 Å². The maximum absolute atomic E-state index is 12.7. The monoisotopic (exact) mass is 451 g/mol. The Balaban J connectivity index is 1.50. The fourth-order valence-corrected chi connectivity index (χ4v) is 5.83. The van der Waals surface area contributed by atoms with Gasteiger partial charge in [0.1, 0.15) is 4.33 Å². The van der Waals surface area contributed by atoms with Gasteiger partial charge in [0.2, 0.25) is 5.91 Å². The van der Waals surface area contributed by atoms with Gasteiger partial charge in [0, 0.05) is 24.6 Å². The summed E-state index contributed by atoms with van der Waals surface area (Å²) in [4.78, 5) is 14.2. The quantitative estimate of drug-likeness (QED) is 0.603. The van der Waals surface area contributed by atoms with Gasteiger partial charge >= 0.3 is 0 Å². The Labute approximate surface area is 181 Å². The predicted octanol–water partition coefficient (Wildman–Crippen LogP) is 4.58. The van der Waals surface area contributed by atoms with Gasteiger partial charge in [-0.05, 0) is 42.5 Å². The molecule has 2 aromatic rings. The van der Waals surface area contributed by atoms with E-state index in [-0.39, 0.29) is 23.3 Å². The van der Waals surface area contributed by atoms with Crippen molar-refractivity contribution in [2.75, 3.05) is 11.4 Å². The van der Waals surface area contributed by atoms with Gasteiger partial charge in [0.05, 0.1) is 11.5 Å². The Bertz CT molecular complexity index is 1050. The first-order valence-electron chi connectivity index (χ1n) is 9.69. The number of nitrogens with zero attached hydrogens (tertiary/aromatic N) is 1. The van der Waals surface area contributed by atoms with Gasteiger partial charge in [-0.15, -0.1) is 23.2 Å². The molecule has 0 N–H and O–H groups in total. The molecule has 1 unspecified atom stereocenters. The highest BCUT2D eigenvalue weighted by atomic mass is 35.5. The second-order valence-electron chi connectivity index (χ2n) is 8.15. The Morgan fingerprint density at radius 1 is 1.03 bits per heavy atom. The lowest BCUT2D eigenvalue weighted by molar-refractivity contribution is -0.118. The minimum atomic E-state index is -3.29. The average molecular weight is 452 g/mol. The zero-order valence-electron chi connectivity index (χ0n) is 16.2. The van der Waals surface area contributed by atoms with E-state index in [4.69, 9.17) is 23.2 Å². The molecule has 0 bridgehead atoms. The molecule has 1 heterocycles. The van der Waals surface area contributed by atoms with Crippen LogP contribution >= 0.6 is 23.2 Å². The van der Waals surface area contributed by atoms with Crippen molar-refractivity contribution in [1.29, 1.82) is 0 Å². The Morgan fingerprint density at radius 3 is 2.31 bits per heavy atom. The van der Waals surface area contributed by atoms with Crippen molar-refractivity contribution in [2.45, 2.75) is 42.0 Å². The summed E-state index contributed by atoms with van der Waals surface area (Å²) in [6, 6.07) is 13.1. The molecular formula is C22H23Cl2NO3S. The van der Waals surface area contributed by atoms with E-state index < -0.39 is 14.2 Å². The van der Waals surface area contributed by atoms with Gasteiger partial charge in [-0.1, -0.05) is 42.0 Å². The summed E-state index contributed by atoms with van der Waals surface area (Å²) >= 11 is 12.3. The number of alkyl halides is 2. The second-order valence-corrected chi connectivity index (χ2v) is 11.8. The third kappa shape index (κ3) is 4.79. The third-order valence-electron chi connectivity index (χ3n) is 5.60. The number of amides is 1. The van der Waals surface area contributed by atoms with Crippen LogP contribution < -0.4 is 4.90 Å². The Hall–Kier alpha value is -1.56. The lowest BCUT2D eigenvalue weighted by Crippen LogP contribution is -2.37. The van der Waals surface area contributed by atoms with E-state index in [1.54, 1.807) is 11.0 Å². The normalized spacial score (nSPS) is 20.4. The number of rotatable bonds is 6. The summed E-state index contributed by atoms with van der Waals surface area (Å²) in [6.45, 7) is 2.48. The molecule has 4 rings (SSSR count). The molecule has 1 saturated carbocycles. The first-order valence-corrected chi connectivity index (χ1v) is 12.3. The summed E-state index contributed by atoms with van der Waals surface area (Å²) in [5, 5.41) is 0. The van der Waals surface area contributed by atoms with Crippen molar-refractivity contribution in [3.05, 3.63) is 64.7 Å². The van der Waals surface area contributed by atoms with Gasteiger partial charge < -0.3 is 4.90 Å². The molecule has 1 aliphatic carbocycles. The van der Waals surface area contributed by atoms with E-state index in [0.29, 0.717) is 25.8 Å². The topological polar surface area (TPSA) is 54.5 Å². The Morgan fingerprint density at radius 2 is 1.66 bits per heavy atom. The molecular weight excluding hydrogens is 429 g/mol. The van der Waals surface area contributed by atoms with Crippen LogP contribution in [0.2, 0.25) is 0 Å². The first kappa shape index (κ1) is 20.7. The number of hydrogen-bond donors (Lipinski definition) is 0. The highest BCUT2D eigenvalue weighted by Crippen LogP contribution is 2.54. The van der Waals surface area contributed by atoms with E-state index in [1.165, 1.54) is 0 Å². The van der Waals surface area contributed by atoms with Gasteiger partial charge in [0.25, 0.3) is 0 Å². The van der Waals surface area contributed by atoms with Crippen LogP contribution in [-0.2, 0) is 32.6 Å². The van der Waals surface area contributed by atoms with Crippen molar-refractivity contribution >= 4 is 44.6 Å². The van der Waals surface area contributed by atoms with E-state index in [0.717, 1.165) is 27.9 Å². The minimum Gasteiger partial charge on any atom is -0.312 e. The number of carbonyl (C=O) groups excluding carboxylic acids is 1. The molecule has 0 saturated heterocycles. The average Bonchev–Trinajstić information content (AvgIpc) is 3.25. The number of sulfone groups is 1. The molecule has 1 atom stereocenters. The van der Waals surface area contributed by atoms with Gasteiger partial charge in [-0.25, -0.2) is 8.42 Å². The number of fused-ring (bicyclic) bond motifs is 1. The van der Waals surface area contributed by atoms with E-state index in [2.05, 4.69) is 0 Å². The highest BCUT2D eigenvalue weighted by molar-refractivity contribution is 7.89. The van der Waals surface area contributed by atoms with Crippen LogP contribution in [0.15, 0.2) is 42.5 Å². The molecule has 4 nitrogen and oxygen atoms in total. The maximum atomic E-state index is 12.7. The number of carbonyl (C=O) groups is 1. The molecule has 1 amide bonds. The fraction of sp³-hybridized carbons (Fsp3) is 0.409. The van der Waals surface area contributed by atoms with Crippen molar-refractivity contribution in [1.82, 2.24) is 0 Å². The van der Waals surface area contributed by atoms with Crippen LogP contribution in [0.25, 0.3) is 0 Å². The van der Waals surface area contributed by atoms with Crippen molar-refractivity contribution in [3.63, 3.8) is 0 Å². The molecule has 29 heavy (non-hydrogen) atoms. The van der Waals surface area contributed by atoms with E-state index in [9.17, 15) is 13.2 Å². The number of halogens is 2. The van der Waals surface area contributed by atoms with Crippen molar-refractivity contribution in [2.24, 2.45) is 5.92 Å². The lowest BCUT2D eigenvalue weighted by atomic mass is 9.99. The predicted molar refractivity (Wildman–Crippen MR) is 117 cm³/mol. The number of hydrogen-bond acceptors (Lipinski definition) is 3. The number of anilines is 1. The first-order chi connectivity index (χ1) is 13.6. The van der Waals surface area contributed by atoms with Crippen molar-refractivity contribution < 1.29 is 13.2 Å². The Kier molecular flexibility index (Phi) is 5.43. The highest BCUT2D eigenvalue weighted by Gasteiger charge is 2.52. The van der Waals surface area contributed by atoms with Crippen LogP contribution in [0.5, 0.6) is 0 Å². The molecule has 0 aromatic heterocycles. The summed E-state index contributed by atoms with van der Waals surface area (Å²) in [5.41, 5.74) is 4.49. The number of aryl methyl sites for hydroxylation is 2. The lowest BCUT2D eigenvalue weighted by Gasteiger charge is -2.30. The third-order valence-corrected chi connectivity index (χ3v) is 8.07. The molecule has 7 heteroatoms. The van der Waals surface area contributed by atoms with E-state index >= 15 is 0 Å². The zero-order chi connectivity index (χ0) is 20.8. The molecule has 154 valence electrons. The summed E-state index contributed by atoms with van der Waals surface area (Å²) < 4.78 is 24.6. The minimum absolute atomic E-state index is 0.0167. The van der Waals surface area contributed by atoms with Crippen LogP contribution in [0.4, 0.5) is 5.69 Å². The van der Waals surface area contributed by atoms with Gasteiger partial charge in [-0.2, -0.15) is 0 Å². The summed E-state index contributed by atoms with van der Waals surface area (Å²) in [6.07, 6.45) is 1.72. The molecule has 2 aromatic carbocycles. The molecule has 0 spiro atoms. The standard InChI is InChI=1S/C22H23Cl2NO3S/c1-15-2-4-16(5-3-15)13-29(27,28)14-17-6-8-20-18(10-17)7-9-21(26)25(20)12-19-11-22(19,23)24/h2-6,8,10,19H,7,9,11-14H2,1H3. The summed E-state index contributed by atoms with van der Waals surface area (Å²) in [7, 11) is -3.29. The van der Waals surface area contributed by atoms with Crippen LogP contribution in [0.1, 0.15) is 35.1 Å². The second kappa shape index (κ2) is 7.60.